The van der Waals surface area contributed by atoms with Gasteiger partial charge in [-0.05, 0) is 114 Å². The Hall–Kier alpha value is -5.36. The monoisotopic (exact) mass is 614 g/mol. The summed E-state index contributed by atoms with van der Waals surface area (Å²) in [5.74, 6) is 3.05. The summed E-state index contributed by atoms with van der Waals surface area (Å²) in [6.45, 7) is 11.9. The molecule has 0 aliphatic carbocycles. The van der Waals surface area contributed by atoms with E-state index in [1.54, 1.807) is 84.9 Å². The molecule has 5 rings (SSSR count). The summed E-state index contributed by atoms with van der Waals surface area (Å²) < 4.78 is 24.0. The first kappa shape index (κ1) is 32.0. The maximum absolute atomic E-state index is 13.6. The largest absolute Gasteiger partial charge is 0.488 e. The molecule has 0 saturated heterocycles. The predicted molar refractivity (Wildman–Crippen MR) is 180 cm³/mol. The molecule has 0 saturated carbocycles. The number of ketones is 2. The first-order valence-electron chi connectivity index (χ1n) is 15.2. The van der Waals surface area contributed by atoms with Crippen LogP contribution in [-0.4, -0.2) is 22.8 Å². The number of para-hydroxylation sites is 2. The average Bonchev–Trinajstić information content (AvgIpc) is 3.01. The Labute approximate surface area is 270 Å². The summed E-state index contributed by atoms with van der Waals surface area (Å²) >= 11 is 0. The van der Waals surface area contributed by atoms with Crippen molar-refractivity contribution in [2.45, 2.75) is 52.7 Å². The van der Waals surface area contributed by atoms with Gasteiger partial charge in [-0.2, -0.15) is 0 Å². The van der Waals surface area contributed by atoms with Gasteiger partial charge in [0.15, 0.2) is 11.6 Å². The van der Waals surface area contributed by atoms with Crippen LogP contribution in [0, 0.1) is 0 Å². The van der Waals surface area contributed by atoms with E-state index in [0.29, 0.717) is 45.3 Å². The summed E-state index contributed by atoms with van der Waals surface area (Å²) in [5.41, 5.74) is 1.07. The van der Waals surface area contributed by atoms with Crippen LogP contribution in [0.3, 0.4) is 0 Å². The second-order valence-corrected chi connectivity index (χ2v) is 12.8. The van der Waals surface area contributed by atoms with Crippen molar-refractivity contribution in [2.24, 2.45) is 0 Å². The quantitative estimate of drug-likeness (QED) is 0.146. The van der Waals surface area contributed by atoms with Crippen LogP contribution >= 0.6 is 0 Å². The normalized spacial score (nSPS) is 11.4. The van der Waals surface area contributed by atoms with E-state index in [1.165, 1.54) is 0 Å². The van der Waals surface area contributed by atoms with Crippen molar-refractivity contribution in [1.29, 1.82) is 0 Å². The Morgan fingerprint density at radius 1 is 0.413 bits per heavy atom. The zero-order valence-corrected chi connectivity index (χ0v) is 27.0. The average molecular weight is 615 g/mol. The van der Waals surface area contributed by atoms with Gasteiger partial charge in [-0.25, -0.2) is 0 Å². The first-order valence-corrected chi connectivity index (χ1v) is 15.2. The molecule has 0 amide bonds. The Morgan fingerprint density at radius 3 is 1.04 bits per heavy atom. The molecule has 0 bridgehead atoms. The lowest BCUT2D eigenvalue weighted by Gasteiger charge is -2.21. The number of hydrogen-bond donors (Lipinski definition) is 0. The molecule has 5 aromatic carbocycles. The number of hydrogen-bond acceptors (Lipinski definition) is 6. The smallest absolute Gasteiger partial charge is 0.196 e. The molecule has 0 aromatic heterocycles. The Morgan fingerprint density at radius 2 is 0.717 bits per heavy atom. The summed E-state index contributed by atoms with van der Waals surface area (Å²) in [7, 11) is 0. The van der Waals surface area contributed by atoms with E-state index >= 15 is 0 Å². The number of ether oxygens (including phenoxy) is 4. The van der Waals surface area contributed by atoms with E-state index < -0.39 is 0 Å². The van der Waals surface area contributed by atoms with Crippen molar-refractivity contribution in [2.75, 3.05) is 0 Å². The molecule has 0 aliphatic heterocycles. The molecule has 0 N–H and O–H groups in total. The Bertz CT molecular complexity index is 1670. The molecular weight excluding hydrogens is 576 g/mol. The van der Waals surface area contributed by atoms with E-state index in [-0.39, 0.29) is 22.8 Å². The van der Waals surface area contributed by atoms with Gasteiger partial charge in [0.05, 0.1) is 11.1 Å². The molecule has 46 heavy (non-hydrogen) atoms. The second kappa shape index (κ2) is 13.3. The molecular formula is C40H38O6. The lowest BCUT2D eigenvalue weighted by atomic mass is 9.98. The molecule has 0 fully saturated rings. The van der Waals surface area contributed by atoms with Crippen molar-refractivity contribution in [1.82, 2.24) is 0 Å². The van der Waals surface area contributed by atoms with Crippen LogP contribution in [0.4, 0.5) is 0 Å². The lowest BCUT2D eigenvalue weighted by molar-refractivity contribution is 0.102. The van der Waals surface area contributed by atoms with Gasteiger partial charge in [0.1, 0.15) is 45.7 Å². The predicted octanol–water partition coefficient (Wildman–Crippen LogP) is 10.1. The van der Waals surface area contributed by atoms with E-state index in [4.69, 9.17) is 18.9 Å². The Balaban J connectivity index is 1.30. The molecule has 6 nitrogen and oxygen atoms in total. The molecule has 0 aliphatic rings. The molecule has 0 heterocycles. The maximum Gasteiger partial charge on any atom is 0.196 e. The highest BCUT2D eigenvalue weighted by molar-refractivity contribution is 6.13. The fourth-order valence-corrected chi connectivity index (χ4v) is 4.68. The minimum Gasteiger partial charge on any atom is -0.488 e. The van der Waals surface area contributed by atoms with Crippen molar-refractivity contribution in [3.63, 3.8) is 0 Å². The van der Waals surface area contributed by atoms with E-state index in [2.05, 4.69) is 0 Å². The molecule has 0 radical (unpaired) electrons. The SMILES string of the molecule is CC(C)(C)Oc1ccc(Oc2ccccc2C(=O)c2ccc(C(=O)c3ccccc3Oc3ccc(OC(C)(C)C)cc3)cc2)cc1. The summed E-state index contributed by atoms with van der Waals surface area (Å²) in [6.07, 6.45) is 0. The van der Waals surface area contributed by atoms with Gasteiger partial charge in [0.25, 0.3) is 0 Å². The highest BCUT2D eigenvalue weighted by Gasteiger charge is 2.19. The number of benzene rings is 5. The molecule has 234 valence electrons. The third-order valence-corrected chi connectivity index (χ3v) is 6.62. The first-order chi connectivity index (χ1) is 21.8. The van der Waals surface area contributed by atoms with E-state index in [9.17, 15) is 9.59 Å². The fraction of sp³-hybridized carbons (Fsp3) is 0.200. The zero-order valence-electron chi connectivity index (χ0n) is 27.0. The third-order valence-electron chi connectivity index (χ3n) is 6.62. The zero-order chi connectivity index (χ0) is 32.9. The molecule has 0 atom stereocenters. The topological polar surface area (TPSA) is 71.1 Å². The van der Waals surface area contributed by atoms with Crippen molar-refractivity contribution in [3.8, 4) is 34.5 Å². The summed E-state index contributed by atoms with van der Waals surface area (Å²) in [4.78, 5) is 27.1. The van der Waals surface area contributed by atoms with Crippen LogP contribution in [0.5, 0.6) is 34.5 Å². The highest BCUT2D eigenvalue weighted by Crippen LogP contribution is 2.31. The second-order valence-electron chi connectivity index (χ2n) is 12.8. The summed E-state index contributed by atoms with van der Waals surface area (Å²) in [5, 5.41) is 0. The van der Waals surface area contributed by atoms with E-state index in [1.807, 2.05) is 77.9 Å². The molecule has 0 spiro atoms. The van der Waals surface area contributed by atoms with Gasteiger partial charge in [-0.15, -0.1) is 0 Å². The van der Waals surface area contributed by atoms with Crippen LogP contribution in [0.25, 0.3) is 0 Å². The minimum absolute atomic E-state index is 0.218. The van der Waals surface area contributed by atoms with Crippen LogP contribution < -0.4 is 18.9 Å². The highest BCUT2D eigenvalue weighted by atomic mass is 16.5. The van der Waals surface area contributed by atoms with Crippen LogP contribution in [0.15, 0.2) is 121 Å². The fourth-order valence-electron chi connectivity index (χ4n) is 4.68. The number of carbonyl (C=O) groups is 2. The van der Waals surface area contributed by atoms with Gasteiger partial charge in [-0.3, -0.25) is 9.59 Å². The standard InChI is InChI=1S/C40H38O6/c1-39(2,3)45-31-23-19-29(20-24-31)43-35-13-9-7-11-33(35)37(41)27-15-17-28(18-16-27)38(42)34-12-8-10-14-36(34)44-30-21-25-32(26-22-30)46-40(4,5)6/h7-26H,1-6H3. The molecule has 5 aromatic rings. The van der Waals surface area contributed by atoms with Crippen molar-refractivity contribution >= 4 is 11.6 Å². The van der Waals surface area contributed by atoms with Gasteiger partial charge >= 0.3 is 0 Å². The minimum atomic E-state index is -0.312. The van der Waals surface area contributed by atoms with Crippen LogP contribution in [0.2, 0.25) is 0 Å². The molecule has 0 unspecified atom stereocenters. The number of rotatable bonds is 10. The van der Waals surface area contributed by atoms with Gasteiger partial charge in [0, 0.05) is 11.1 Å². The van der Waals surface area contributed by atoms with E-state index in [0.717, 1.165) is 11.5 Å². The van der Waals surface area contributed by atoms with Gasteiger partial charge < -0.3 is 18.9 Å². The number of carbonyl (C=O) groups excluding carboxylic acids is 2. The van der Waals surface area contributed by atoms with Crippen molar-refractivity contribution < 1.29 is 28.5 Å². The Kier molecular flexibility index (Phi) is 9.28. The van der Waals surface area contributed by atoms with Gasteiger partial charge in [-0.1, -0.05) is 48.5 Å². The maximum atomic E-state index is 13.6. The molecule has 6 heteroatoms. The van der Waals surface area contributed by atoms with Crippen molar-refractivity contribution in [3.05, 3.63) is 144 Å². The summed E-state index contributed by atoms with van der Waals surface area (Å²) in [6, 6.07) is 35.4. The van der Waals surface area contributed by atoms with Gasteiger partial charge in [0.2, 0.25) is 0 Å². The lowest BCUT2D eigenvalue weighted by Crippen LogP contribution is -2.22. The third kappa shape index (κ3) is 8.42. The van der Waals surface area contributed by atoms with Crippen LogP contribution in [0.1, 0.15) is 73.4 Å². The van der Waals surface area contributed by atoms with Crippen LogP contribution in [-0.2, 0) is 0 Å².